The highest BCUT2D eigenvalue weighted by atomic mass is 16.5. The summed E-state index contributed by atoms with van der Waals surface area (Å²) in [7, 11) is 4.24. The molecule has 3 aliphatic rings. The van der Waals surface area contributed by atoms with Gasteiger partial charge < -0.3 is 19.3 Å². The van der Waals surface area contributed by atoms with Gasteiger partial charge in [0.25, 0.3) is 0 Å². The predicted octanol–water partition coefficient (Wildman–Crippen LogP) is 5.92. The summed E-state index contributed by atoms with van der Waals surface area (Å²) in [6.07, 6.45) is 7.70. The smallest absolute Gasteiger partial charge is 0.187 e. The molecule has 0 amide bonds. The van der Waals surface area contributed by atoms with Crippen LogP contribution in [0.2, 0.25) is 0 Å². The monoisotopic (exact) mass is 487 g/mol. The molecule has 2 aromatic carbocycles. The molecule has 1 saturated carbocycles. The van der Waals surface area contributed by atoms with Gasteiger partial charge in [-0.15, -0.1) is 0 Å². The lowest BCUT2D eigenvalue weighted by molar-refractivity contribution is -0.0196. The van der Waals surface area contributed by atoms with E-state index >= 15 is 0 Å². The normalized spacial score (nSPS) is 27.5. The Labute approximate surface area is 217 Å². The average molecular weight is 488 g/mol. The first kappa shape index (κ1) is 25.3. The minimum Gasteiger partial charge on any atom is -0.494 e. The van der Waals surface area contributed by atoms with Gasteiger partial charge in [-0.3, -0.25) is 0 Å². The molecule has 5 rings (SSSR count). The van der Waals surface area contributed by atoms with Gasteiger partial charge in [0.15, 0.2) is 5.69 Å². The molecular weight excluding hydrogens is 446 g/mol. The Balaban J connectivity index is 1.24. The Kier molecular flexibility index (Phi) is 7.96. The molecule has 2 fully saturated rings. The second-order valence-electron chi connectivity index (χ2n) is 11.1. The molecule has 1 saturated heterocycles. The summed E-state index contributed by atoms with van der Waals surface area (Å²) in [6, 6.07) is 16.7. The third-order valence-corrected chi connectivity index (χ3v) is 9.08. The van der Waals surface area contributed by atoms with Crippen LogP contribution in [0.1, 0.15) is 49.7 Å². The van der Waals surface area contributed by atoms with Crippen LogP contribution in [0.25, 0.3) is 4.85 Å². The number of benzene rings is 2. The quantitative estimate of drug-likeness (QED) is 0.342. The number of fused-ring (bicyclic) bond motifs is 1. The zero-order valence-corrected chi connectivity index (χ0v) is 22.0. The van der Waals surface area contributed by atoms with E-state index < -0.39 is 0 Å². The summed E-state index contributed by atoms with van der Waals surface area (Å²) in [5.41, 5.74) is 3.99. The molecule has 3 atom stereocenters. The van der Waals surface area contributed by atoms with E-state index in [1.807, 2.05) is 31.4 Å². The van der Waals surface area contributed by atoms with E-state index in [2.05, 4.69) is 46.0 Å². The first-order valence-corrected chi connectivity index (χ1v) is 13.8. The fourth-order valence-electron chi connectivity index (χ4n) is 7.52. The molecule has 0 aromatic heterocycles. The molecule has 0 spiro atoms. The standard InChI is InChI=1S/C31H41N3O2/c1-32-26-12-14-27(15-13-26)36-21-7-18-34-19-16-25(17-20-34)31(29-10-6-11-30(29)35-3)23-33(2)22-24-8-4-5-9-28(24)31/h4-5,8-9,12-15,25,29-30H,6-7,10-11,16-23H2,2-3H3/t29-,30-,31?/m0/s1. The van der Waals surface area contributed by atoms with Crippen LogP contribution < -0.4 is 4.74 Å². The largest absolute Gasteiger partial charge is 0.494 e. The van der Waals surface area contributed by atoms with Crippen LogP contribution in [-0.2, 0) is 16.7 Å². The van der Waals surface area contributed by atoms with Gasteiger partial charge in [0.2, 0.25) is 0 Å². The first-order valence-electron chi connectivity index (χ1n) is 13.8. The second-order valence-corrected chi connectivity index (χ2v) is 11.1. The number of rotatable bonds is 8. The number of methoxy groups -OCH3 is 1. The molecule has 1 unspecified atom stereocenters. The molecule has 2 heterocycles. The summed E-state index contributed by atoms with van der Waals surface area (Å²) < 4.78 is 12.0. The van der Waals surface area contributed by atoms with Crippen molar-refractivity contribution in [1.29, 1.82) is 0 Å². The highest BCUT2D eigenvalue weighted by molar-refractivity contribution is 5.47. The Bertz CT molecular complexity index is 1040. The highest BCUT2D eigenvalue weighted by Gasteiger charge is 2.54. The van der Waals surface area contributed by atoms with Crippen LogP contribution in [0.3, 0.4) is 0 Å². The van der Waals surface area contributed by atoms with Crippen molar-refractivity contribution in [1.82, 2.24) is 9.80 Å². The third kappa shape index (κ3) is 5.05. The molecule has 1 aliphatic carbocycles. The lowest BCUT2D eigenvalue weighted by atomic mass is 9.56. The molecule has 5 heteroatoms. The fraction of sp³-hybridized carbons (Fsp3) is 0.581. The van der Waals surface area contributed by atoms with Gasteiger partial charge in [-0.1, -0.05) is 42.8 Å². The zero-order valence-electron chi connectivity index (χ0n) is 22.0. The SMILES string of the molecule is [C-]#[N+]c1ccc(OCCCN2CCC(C3([C@H]4CCC[C@@H]4OC)CN(C)Cc4ccccc43)CC2)cc1. The van der Waals surface area contributed by atoms with Crippen LogP contribution in [0, 0.1) is 18.4 Å². The number of ether oxygens (including phenoxy) is 2. The molecule has 5 nitrogen and oxygen atoms in total. The maximum absolute atomic E-state index is 7.07. The lowest BCUT2D eigenvalue weighted by Gasteiger charge is -2.54. The van der Waals surface area contributed by atoms with Crippen LogP contribution in [-0.4, -0.2) is 62.8 Å². The first-order chi connectivity index (χ1) is 17.6. The van der Waals surface area contributed by atoms with Crippen molar-refractivity contribution in [2.24, 2.45) is 11.8 Å². The Morgan fingerprint density at radius 3 is 2.56 bits per heavy atom. The molecule has 0 bridgehead atoms. The van der Waals surface area contributed by atoms with E-state index in [1.54, 1.807) is 5.56 Å². The number of hydrogen-bond acceptors (Lipinski definition) is 4. The van der Waals surface area contributed by atoms with E-state index in [4.69, 9.17) is 16.0 Å². The van der Waals surface area contributed by atoms with E-state index in [1.165, 1.54) is 50.8 Å². The number of likely N-dealkylation sites (N-methyl/N-ethyl adjacent to an activating group) is 1. The molecular formula is C31H41N3O2. The van der Waals surface area contributed by atoms with Crippen molar-refractivity contribution < 1.29 is 9.47 Å². The summed E-state index contributed by atoms with van der Waals surface area (Å²) in [4.78, 5) is 8.65. The molecule has 0 N–H and O–H groups in total. The van der Waals surface area contributed by atoms with Crippen molar-refractivity contribution in [3.63, 3.8) is 0 Å². The Hall–Kier alpha value is -2.39. The molecule has 0 radical (unpaired) electrons. The predicted molar refractivity (Wildman–Crippen MR) is 145 cm³/mol. The van der Waals surface area contributed by atoms with Crippen LogP contribution in [0.4, 0.5) is 5.69 Å². The van der Waals surface area contributed by atoms with Crippen LogP contribution >= 0.6 is 0 Å². The van der Waals surface area contributed by atoms with Gasteiger partial charge in [-0.05, 0) is 87.3 Å². The van der Waals surface area contributed by atoms with Gasteiger partial charge in [0.1, 0.15) is 5.75 Å². The van der Waals surface area contributed by atoms with E-state index in [-0.39, 0.29) is 5.41 Å². The molecule has 2 aromatic rings. The summed E-state index contributed by atoms with van der Waals surface area (Å²) >= 11 is 0. The van der Waals surface area contributed by atoms with Crippen molar-refractivity contribution >= 4 is 5.69 Å². The number of nitrogens with zero attached hydrogens (tertiary/aromatic N) is 3. The van der Waals surface area contributed by atoms with Gasteiger partial charge in [0.05, 0.1) is 19.3 Å². The van der Waals surface area contributed by atoms with Gasteiger partial charge in [-0.25, -0.2) is 4.85 Å². The molecule has 2 aliphatic heterocycles. The van der Waals surface area contributed by atoms with Crippen molar-refractivity contribution in [3.05, 3.63) is 71.1 Å². The zero-order chi connectivity index (χ0) is 25.0. The Morgan fingerprint density at radius 2 is 1.81 bits per heavy atom. The molecule has 192 valence electrons. The van der Waals surface area contributed by atoms with E-state index in [9.17, 15) is 0 Å². The number of piperidine rings is 1. The van der Waals surface area contributed by atoms with E-state index in [0.717, 1.165) is 38.4 Å². The summed E-state index contributed by atoms with van der Waals surface area (Å²) in [5, 5.41) is 0. The maximum Gasteiger partial charge on any atom is 0.187 e. The van der Waals surface area contributed by atoms with Gasteiger partial charge in [-0.2, -0.15) is 0 Å². The molecule has 36 heavy (non-hydrogen) atoms. The topological polar surface area (TPSA) is 29.3 Å². The Morgan fingerprint density at radius 1 is 1.03 bits per heavy atom. The minimum atomic E-state index is 0.188. The van der Waals surface area contributed by atoms with Crippen molar-refractivity contribution in [2.45, 2.75) is 56.6 Å². The summed E-state index contributed by atoms with van der Waals surface area (Å²) in [5.74, 6) is 2.15. The van der Waals surface area contributed by atoms with Crippen LogP contribution in [0.15, 0.2) is 48.5 Å². The summed E-state index contributed by atoms with van der Waals surface area (Å²) in [6.45, 7) is 13.4. The van der Waals surface area contributed by atoms with Gasteiger partial charge in [0, 0.05) is 32.2 Å². The number of likely N-dealkylation sites (tertiary alicyclic amines) is 1. The van der Waals surface area contributed by atoms with Crippen LogP contribution in [0.5, 0.6) is 5.75 Å². The van der Waals surface area contributed by atoms with Crippen molar-refractivity contribution in [3.8, 4) is 5.75 Å². The third-order valence-electron chi connectivity index (χ3n) is 9.08. The fourth-order valence-corrected chi connectivity index (χ4v) is 7.52. The maximum atomic E-state index is 7.07. The second kappa shape index (κ2) is 11.3. The lowest BCUT2D eigenvalue weighted by Crippen LogP contribution is -2.57. The van der Waals surface area contributed by atoms with E-state index in [0.29, 0.717) is 23.6 Å². The number of hydrogen-bond donors (Lipinski definition) is 0. The highest BCUT2D eigenvalue weighted by Crippen LogP contribution is 2.53. The van der Waals surface area contributed by atoms with Gasteiger partial charge >= 0.3 is 0 Å². The minimum absolute atomic E-state index is 0.188. The average Bonchev–Trinajstić information content (AvgIpc) is 3.41. The van der Waals surface area contributed by atoms with Crippen molar-refractivity contribution in [2.75, 3.05) is 46.9 Å².